The molecule has 4 amide bonds. The predicted molar refractivity (Wildman–Crippen MR) is 124 cm³/mol. The summed E-state index contributed by atoms with van der Waals surface area (Å²) in [5.74, 6) is -6.51. The molecule has 1 unspecified atom stereocenters. The number of carbonyl (C=O) groups excluding carboxylic acids is 5. The van der Waals surface area contributed by atoms with E-state index in [1.165, 1.54) is 14.1 Å². The number of ether oxygens (including phenoxy) is 1. The number of amides is 4. The van der Waals surface area contributed by atoms with Crippen molar-refractivity contribution in [3.8, 4) is 6.07 Å². The maximum Gasteiger partial charge on any atom is 0.334 e. The van der Waals surface area contributed by atoms with Crippen molar-refractivity contribution in [2.24, 2.45) is 35.5 Å². The number of allylic oxidation sites excluding steroid dienone is 1. The van der Waals surface area contributed by atoms with Gasteiger partial charge in [0.25, 0.3) is 0 Å². The molecule has 3 fully saturated rings. The Balaban J connectivity index is 1.77. The third-order valence-corrected chi connectivity index (χ3v) is 8.59. The standard InChI is InChI=1S/C27H27N3O6/c1-5-36-27(35)20-15-10-16-18(24(32)29(3)23(16)31)12(2)17(15)21-22(26(34)30(4)25(21)33)19(20)14-8-6-13(11-28)7-9-14/h6-9,12,16-19,21-22H,5,10H2,1-4H3/t12?,16-,17+,18+,19-,21+,22-/m0/s1. The Hall–Kier alpha value is -3.80. The second-order valence-electron chi connectivity index (χ2n) is 10.1. The highest BCUT2D eigenvalue weighted by atomic mass is 16.5. The number of hydrogen-bond acceptors (Lipinski definition) is 7. The van der Waals surface area contributed by atoms with Crippen molar-refractivity contribution in [3.63, 3.8) is 0 Å². The van der Waals surface area contributed by atoms with Gasteiger partial charge in [-0.3, -0.25) is 29.0 Å². The molecule has 186 valence electrons. The maximum absolute atomic E-state index is 13.5. The van der Waals surface area contributed by atoms with E-state index in [4.69, 9.17) is 4.74 Å². The first-order valence-corrected chi connectivity index (χ1v) is 12.2. The molecule has 9 nitrogen and oxygen atoms in total. The summed E-state index contributed by atoms with van der Waals surface area (Å²) in [6, 6.07) is 8.69. The molecule has 7 atom stereocenters. The van der Waals surface area contributed by atoms with Crippen LogP contribution in [-0.4, -0.2) is 60.1 Å². The second kappa shape index (κ2) is 8.40. The number of carbonyl (C=O) groups is 5. The third kappa shape index (κ3) is 3.10. The fourth-order valence-corrected chi connectivity index (χ4v) is 7.03. The average Bonchev–Trinajstić information content (AvgIpc) is 3.23. The molecule has 1 saturated carbocycles. The van der Waals surface area contributed by atoms with Crippen molar-refractivity contribution >= 4 is 29.6 Å². The van der Waals surface area contributed by atoms with Gasteiger partial charge in [-0.05, 0) is 42.9 Å². The second-order valence-corrected chi connectivity index (χ2v) is 10.1. The van der Waals surface area contributed by atoms with Crippen molar-refractivity contribution in [1.82, 2.24) is 9.80 Å². The molecule has 5 rings (SSSR count). The monoisotopic (exact) mass is 489 g/mol. The average molecular weight is 490 g/mol. The molecule has 1 aromatic rings. The van der Waals surface area contributed by atoms with Crippen molar-refractivity contribution in [3.05, 3.63) is 46.5 Å². The summed E-state index contributed by atoms with van der Waals surface area (Å²) in [6.07, 6.45) is 0.157. The number of imide groups is 2. The van der Waals surface area contributed by atoms with Crippen molar-refractivity contribution in [2.75, 3.05) is 20.7 Å². The highest BCUT2D eigenvalue weighted by Crippen LogP contribution is 2.60. The number of esters is 1. The van der Waals surface area contributed by atoms with Crippen LogP contribution in [0.25, 0.3) is 0 Å². The minimum atomic E-state index is -0.854. The molecule has 2 aliphatic heterocycles. The van der Waals surface area contributed by atoms with Gasteiger partial charge in [0.1, 0.15) is 0 Å². The zero-order valence-electron chi connectivity index (χ0n) is 20.6. The molecule has 0 spiro atoms. The highest BCUT2D eigenvalue weighted by molar-refractivity contribution is 6.09. The van der Waals surface area contributed by atoms with E-state index in [1.54, 1.807) is 31.2 Å². The van der Waals surface area contributed by atoms with Crippen LogP contribution < -0.4 is 0 Å². The summed E-state index contributed by atoms with van der Waals surface area (Å²) in [7, 11) is 2.90. The first-order valence-electron chi connectivity index (χ1n) is 12.2. The number of rotatable bonds is 3. The Labute approximate surface area is 208 Å². The smallest absolute Gasteiger partial charge is 0.334 e. The molecule has 0 bridgehead atoms. The molecule has 9 heteroatoms. The molecule has 0 aromatic heterocycles. The van der Waals surface area contributed by atoms with Gasteiger partial charge in [-0.2, -0.15) is 5.26 Å². The van der Waals surface area contributed by atoms with Crippen molar-refractivity contribution in [1.29, 1.82) is 5.26 Å². The summed E-state index contributed by atoms with van der Waals surface area (Å²) in [5.41, 5.74) is 1.97. The van der Waals surface area contributed by atoms with Crippen LogP contribution in [0.1, 0.15) is 37.3 Å². The summed E-state index contributed by atoms with van der Waals surface area (Å²) >= 11 is 0. The van der Waals surface area contributed by atoms with Gasteiger partial charge in [-0.15, -0.1) is 0 Å². The highest BCUT2D eigenvalue weighted by Gasteiger charge is 2.64. The lowest BCUT2D eigenvalue weighted by molar-refractivity contribution is -0.141. The molecular formula is C27H27N3O6. The van der Waals surface area contributed by atoms with Gasteiger partial charge in [0.05, 0.1) is 41.9 Å². The van der Waals surface area contributed by atoms with Gasteiger partial charge >= 0.3 is 5.97 Å². The first-order chi connectivity index (χ1) is 17.1. The van der Waals surface area contributed by atoms with E-state index in [-0.39, 0.29) is 36.7 Å². The van der Waals surface area contributed by atoms with E-state index in [0.717, 1.165) is 9.80 Å². The number of fused-ring (bicyclic) bond motifs is 4. The molecule has 36 heavy (non-hydrogen) atoms. The molecule has 2 heterocycles. The van der Waals surface area contributed by atoms with Crippen LogP contribution in [0.5, 0.6) is 0 Å². The summed E-state index contributed by atoms with van der Waals surface area (Å²) in [4.78, 5) is 68.8. The number of benzene rings is 1. The van der Waals surface area contributed by atoms with Gasteiger partial charge in [-0.1, -0.05) is 24.6 Å². The Kier molecular flexibility index (Phi) is 5.58. The van der Waals surface area contributed by atoms with Crippen molar-refractivity contribution in [2.45, 2.75) is 26.2 Å². The summed E-state index contributed by atoms with van der Waals surface area (Å²) in [6.45, 7) is 3.64. The van der Waals surface area contributed by atoms with E-state index in [9.17, 15) is 29.2 Å². The van der Waals surface area contributed by atoms with Gasteiger partial charge in [0, 0.05) is 25.6 Å². The Morgan fingerprint density at radius 1 is 0.944 bits per heavy atom. The first kappa shape index (κ1) is 23.9. The number of nitriles is 1. The lowest BCUT2D eigenvalue weighted by Gasteiger charge is -2.47. The predicted octanol–water partition coefficient (Wildman–Crippen LogP) is 1.63. The van der Waals surface area contributed by atoms with Crippen LogP contribution in [-0.2, 0) is 28.7 Å². The molecule has 4 aliphatic rings. The quantitative estimate of drug-likeness (QED) is 0.467. The number of nitrogens with zero attached hydrogens (tertiary/aromatic N) is 3. The van der Waals surface area contributed by atoms with E-state index in [0.29, 0.717) is 22.3 Å². The normalized spacial score (nSPS) is 33.4. The van der Waals surface area contributed by atoms with Crippen molar-refractivity contribution < 1.29 is 28.7 Å². The van der Waals surface area contributed by atoms with Crippen LogP contribution in [0.15, 0.2) is 35.4 Å². The van der Waals surface area contributed by atoms with Crippen LogP contribution in [0.2, 0.25) is 0 Å². The Morgan fingerprint density at radius 2 is 1.53 bits per heavy atom. The molecule has 2 saturated heterocycles. The largest absolute Gasteiger partial charge is 0.463 e. The lowest BCUT2D eigenvalue weighted by Crippen LogP contribution is -2.48. The van der Waals surface area contributed by atoms with E-state index < -0.39 is 47.4 Å². The zero-order chi connectivity index (χ0) is 26.0. The number of hydrogen-bond donors (Lipinski definition) is 0. The topological polar surface area (TPSA) is 125 Å². The number of likely N-dealkylation sites (tertiary alicyclic amines) is 2. The zero-order valence-corrected chi connectivity index (χ0v) is 20.6. The van der Waals surface area contributed by atoms with Crippen LogP contribution in [0.4, 0.5) is 0 Å². The Bertz CT molecular complexity index is 1280. The third-order valence-electron chi connectivity index (χ3n) is 8.59. The van der Waals surface area contributed by atoms with Gasteiger partial charge in [0.15, 0.2) is 0 Å². The summed E-state index contributed by atoms with van der Waals surface area (Å²) < 4.78 is 5.46. The molecule has 1 aromatic carbocycles. The van der Waals surface area contributed by atoms with Gasteiger partial charge in [0.2, 0.25) is 23.6 Å². The van der Waals surface area contributed by atoms with Crippen LogP contribution in [0.3, 0.4) is 0 Å². The SMILES string of the molecule is CCOC(=O)C1=C2C[C@@H]3C(=O)N(C)C(=O)[C@@H]3C(C)[C@H]2[C@H]2C(=O)N(C)C(=O)[C@H]2[C@H]1c1ccc(C#N)cc1. The minimum Gasteiger partial charge on any atom is -0.463 e. The van der Waals surface area contributed by atoms with E-state index >= 15 is 0 Å². The van der Waals surface area contributed by atoms with Gasteiger partial charge < -0.3 is 4.74 Å². The Morgan fingerprint density at radius 3 is 2.14 bits per heavy atom. The fourth-order valence-electron chi connectivity index (χ4n) is 7.03. The van der Waals surface area contributed by atoms with Crippen LogP contribution in [0, 0.1) is 46.8 Å². The molecule has 2 aliphatic carbocycles. The maximum atomic E-state index is 13.5. The molecular weight excluding hydrogens is 462 g/mol. The van der Waals surface area contributed by atoms with Gasteiger partial charge in [-0.25, -0.2) is 4.79 Å². The molecule has 0 N–H and O–H groups in total. The van der Waals surface area contributed by atoms with Crippen LogP contribution >= 0.6 is 0 Å². The molecule has 0 radical (unpaired) electrons. The van der Waals surface area contributed by atoms with E-state index in [1.807, 2.05) is 6.92 Å². The lowest BCUT2D eigenvalue weighted by atomic mass is 9.53. The minimum absolute atomic E-state index is 0.114. The fraction of sp³-hybridized carbons (Fsp3) is 0.481. The summed E-state index contributed by atoms with van der Waals surface area (Å²) in [5, 5.41) is 9.25. The van der Waals surface area contributed by atoms with E-state index in [2.05, 4.69) is 6.07 Å².